The largest absolute Gasteiger partial charge is 0.508 e. The Labute approximate surface area is 213 Å². The Morgan fingerprint density at radius 1 is 0.897 bits per heavy atom. The quantitative estimate of drug-likeness (QED) is 0.279. The third-order valence-electron chi connectivity index (χ3n) is 5.53. The van der Waals surface area contributed by atoms with Gasteiger partial charge in [-0.1, -0.05) is 5.16 Å². The maximum Gasteiger partial charge on any atom is 0.416 e. The zero-order valence-corrected chi connectivity index (χ0v) is 19.3. The zero-order chi connectivity index (χ0) is 27.9. The molecule has 0 amide bonds. The summed E-state index contributed by atoms with van der Waals surface area (Å²) >= 11 is 0. The summed E-state index contributed by atoms with van der Waals surface area (Å²) in [7, 11) is 0. The summed E-state index contributed by atoms with van der Waals surface area (Å²) in [5.74, 6) is -0.426. The number of benzene rings is 3. The van der Waals surface area contributed by atoms with Gasteiger partial charge in [-0.15, -0.1) is 0 Å². The number of aromatic hydroxyl groups is 1. The highest BCUT2D eigenvalue weighted by Crippen LogP contribution is 2.38. The first-order valence-electron chi connectivity index (χ1n) is 10.9. The second kappa shape index (κ2) is 9.45. The fourth-order valence-corrected chi connectivity index (χ4v) is 3.64. The van der Waals surface area contributed by atoms with E-state index >= 15 is 0 Å². The first-order chi connectivity index (χ1) is 18.4. The third-order valence-corrected chi connectivity index (χ3v) is 5.53. The Balaban J connectivity index is 1.36. The number of phenolic OH excluding ortho intramolecular Hbond substituents is 1. The lowest BCUT2D eigenvalue weighted by atomic mass is 10.0. The summed E-state index contributed by atoms with van der Waals surface area (Å²) in [4.78, 5) is 20.9. The highest BCUT2D eigenvalue weighted by Gasteiger charge is 2.37. The minimum absolute atomic E-state index is 0.00285. The number of alkyl halides is 6. The van der Waals surface area contributed by atoms with Crippen LogP contribution in [0.4, 0.5) is 26.3 Å². The molecular weight excluding hydrogens is 534 g/mol. The molecule has 5 rings (SSSR count). The van der Waals surface area contributed by atoms with Crippen molar-refractivity contribution in [1.82, 2.24) is 19.7 Å². The maximum absolute atomic E-state index is 13.1. The van der Waals surface area contributed by atoms with Crippen LogP contribution in [-0.4, -0.2) is 24.8 Å². The van der Waals surface area contributed by atoms with Gasteiger partial charge in [0.25, 0.3) is 11.4 Å². The Hall–Kier alpha value is -4.88. The van der Waals surface area contributed by atoms with E-state index in [2.05, 4.69) is 15.1 Å². The predicted molar refractivity (Wildman–Crippen MR) is 123 cm³/mol. The molecule has 1 N–H and O–H groups in total. The van der Waals surface area contributed by atoms with Gasteiger partial charge < -0.3 is 14.4 Å². The lowest BCUT2D eigenvalue weighted by molar-refractivity contribution is -0.143. The Kier molecular flexibility index (Phi) is 6.24. The summed E-state index contributed by atoms with van der Waals surface area (Å²) in [5, 5.41) is 13.3. The molecule has 39 heavy (non-hydrogen) atoms. The third kappa shape index (κ3) is 5.39. The van der Waals surface area contributed by atoms with Gasteiger partial charge in [-0.3, -0.25) is 9.36 Å². The van der Waals surface area contributed by atoms with Crippen LogP contribution < -0.4 is 10.3 Å². The van der Waals surface area contributed by atoms with Gasteiger partial charge in [0.2, 0.25) is 5.82 Å². The molecule has 0 radical (unpaired) electrons. The lowest BCUT2D eigenvalue weighted by Gasteiger charge is -2.12. The van der Waals surface area contributed by atoms with Crippen molar-refractivity contribution in [3.8, 4) is 28.6 Å². The molecule has 3 aromatic carbocycles. The molecule has 0 saturated heterocycles. The van der Waals surface area contributed by atoms with E-state index in [9.17, 15) is 36.2 Å². The van der Waals surface area contributed by atoms with E-state index in [0.29, 0.717) is 23.3 Å². The maximum atomic E-state index is 13.1. The fourth-order valence-electron chi connectivity index (χ4n) is 3.64. The van der Waals surface area contributed by atoms with Crippen LogP contribution in [0, 0.1) is 0 Å². The van der Waals surface area contributed by atoms with Crippen molar-refractivity contribution < 1.29 is 40.7 Å². The number of nitrogens with zero attached hydrogens (tertiary/aromatic N) is 4. The zero-order valence-electron chi connectivity index (χ0n) is 19.3. The van der Waals surface area contributed by atoms with E-state index in [4.69, 9.17) is 9.26 Å². The molecule has 14 heteroatoms. The number of phenols is 1. The van der Waals surface area contributed by atoms with Gasteiger partial charge in [0.15, 0.2) is 6.61 Å². The monoisotopic (exact) mass is 548 g/mol. The number of fused-ring (bicyclic) bond motifs is 1. The Morgan fingerprint density at radius 2 is 1.56 bits per heavy atom. The van der Waals surface area contributed by atoms with Crippen LogP contribution in [0.25, 0.3) is 28.0 Å². The molecule has 0 unspecified atom stereocenters. The SMILES string of the molecule is O=c1c2ccc(OCc3noc(-c4cc(C(F)(F)F)cc(C(F)(F)F)c4)n3)cc2ncn1-c1ccc(O)cc1. The molecule has 0 atom stereocenters. The summed E-state index contributed by atoms with van der Waals surface area (Å²) in [5.41, 5.74) is -3.18. The molecule has 8 nitrogen and oxygen atoms in total. The fraction of sp³-hybridized carbons (Fsp3) is 0.120. The minimum Gasteiger partial charge on any atom is -0.508 e. The van der Waals surface area contributed by atoms with E-state index in [1.807, 2.05) is 0 Å². The van der Waals surface area contributed by atoms with Crippen molar-refractivity contribution in [2.24, 2.45) is 0 Å². The topological polar surface area (TPSA) is 103 Å². The molecule has 0 fully saturated rings. The number of halogens is 6. The Bertz CT molecular complexity index is 1690. The molecular formula is C25H14F6N4O4. The molecule has 5 aromatic rings. The van der Waals surface area contributed by atoms with Crippen LogP contribution in [0.3, 0.4) is 0 Å². The van der Waals surface area contributed by atoms with Gasteiger partial charge in [0.05, 0.1) is 27.7 Å². The molecule has 0 aliphatic carbocycles. The number of ether oxygens (including phenoxy) is 1. The first kappa shape index (κ1) is 25.8. The smallest absolute Gasteiger partial charge is 0.416 e. The van der Waals surface area contributed by atoms with Crippen molar-refractivity contribution in [2.75, 3.05) is 0 Å². The normalized spacial score (nSPS) is 12.2. The molecule has 2 aromatic heterocycles. The van der Waals surface area contributed by atoms with E-state index < -0.39 is 34.9 Å². The number of rotatable bonds is 5. The van der Waals surface area contributed by atoms with E-state index in [1.54, 1.807) is 12.1 Å². The van der Waals surface area contributed by atoms with Crippen LogP contribution in [0.5, 0.6) is 11.5 Å². The van der Waals surface area contributed by atoms with Gasteiger partial charge in [-0.2, -0.15) is 31.3 Å². The molecule has 0 aliphatic heterocycles. The number of aromatic nitrogens is 4. The average Bonchev–Trinajstić information content (AvgIpc) is 3.36. The van der Waals surface area contributed by atoms with E-state index in [1.165, 1.54) is 41.2 Å². The lowest BCUT2D eigenvalue weighted by Crippen LogP contribution is -2.18. The second-order valence-electron chi connectivity index (χ2n) is 8.21. The summed E-state index contributed by atoms with van der Waals surface area (Å²) in [6, 6.07) is 11.3. The van der Waals surface area contributed by atoms with Crippen LogP contribution >= 0.6 is 0 Å². The standard InChI is InChI=1S/C25H14F6N4O4/c26-24(27,28)14-7-13(8-15(9-14)25(29,30)31)22-33-21(34-39-22)11-38-18-5-6-19-20(10-18)32-12-35(23(19)37)16-1-3-17(36)4-2-16/h1-10,12,36H,11H2. The van der Waals surface area contributed by atoms with Gasteiger partial charge in [-0.05, 0) is 54.6 Å². The minimum atomic E-state index is -5.03. The van der Waals surface area contributed by atoms with E-state index in [0.717, 1.165) is 0 Å². The van der Waals surface area contributed by atoms with Crippen molar-refractivity contribution in [3.05, 3.63) is 94.3 Å². The second-order valence-corrected chi connectivity index (χ2v) is 8.21. The summed E-state index contributed by atoms with van der Waals surface area (Å²) in [6.45, 7) is -0.343. The van der Waals surface area contributed by atoms with Crippen molar-refractivity contribution >= 4 is 10.9 Å². The number of hydrogen-bond donors (Lipinski definition) is 1. The van der Waals surface area contributed by atoms with Crippen LogP contribution in [0.1, 0.15) is 17.0 Å². The summed E-state index contributed by atoms with van der Waals surface area (Å²) < 4.78 is 90.5. The van der Waals surface area contributed by atoms with Gasteiger partial charge >= 0.3 is 12.4 Å². The molecule has 0 saturated carbocycles. The number of hydrogen-bond acceptors (Lipinski definition) is 7. The molecule has 2 heterocycles. The van der Waals surface area contributed by atoms with Crippen molar-refractivity contribution in [1.29, 1.82) is 0 Å². The van der Waals surface area contributed by atoms with Gasteiger partial charge in [-0.25, -0.2) is 4.98 Å². The van der Waals surface area contributed by atoms with Gasteiger partial charge in [0, 0.05) is 11.6 Å². The van der Waals surface area contributed by atoms with Crippen molar-refractivity contribution in [3.63, 3.8) is 0 Å². The molecule has 0 bridgehead atoms. The van der Waals surface area contributed by atoms with Crippen LogP contribution in [0.15, 0.2) is 76.3 Å². The Morgan fingerprint density at radius 3 is 2.21 bits per heavy atom. The highest BCUT2D eigenvalue weighted by molar-refractivity contribution is 5.79. The first-order valence-corrected chi connectivity index (χ1v) is 10.9. The average molecular weight is 548 g/mol. The van der Waals surface area contributed by atoms with Crippen molar-refractivity contribution in [2.45, 2.75) is 19.0 Å². The predicted octanol–water partition coefficient (Wildman–Crippen LogP) is 5.76. The summed E-state index contributed by atoms with van der Waals surface area (Å²) in [6.07, 6.45) is -8.75. The van der Waals surface area contributed by atoms with Crippen LogP contribution in [-0.2, 0) is 19.0 Å². The van der Waals surface area contributed by atoms with Gasteiger partial charge in [0.1, 0.15) is 17.8 Å². The molecule has 0 spiro atoms. The van der Waals surface area contributed by atoms with Crippen LogP contribution in [0.2, 0.25) is 0 Å². The molecule has 0 aliphatic rings. The van der Waals surface area contributed by atoms with E-state index in [-0.39, 0.29) is 40.9 Å². The highest BCUT2D eigenvalue weighted by atomic mass is 19.4. The molecule has 200 valence electrons.